The molecular formula is C12H17Cl2NO. The molecule has 0 bridgehead atoms. The van der Waals surface area contributed by atoms with E-state index in [-0.39, 0.29) is 12.1 Å². The lowest BCUT2D eigenvalue weighted by Gasteiger charge is -2.19. The van der Waals surface area contributed by atoms with Crippen LogP contribution in [-0.4, -0.2) is 17.8 Å². The van der Waals surface area contributed by atoms with E-state index in [1.54, 1.807) is 13.0 Å². The number of aliphatic hydroxyl groups is 1. The molecule has 0 radical (unpaired) electrons. The molecule has 0 spiro atoms. The zero-order valence-electron chi connectivity index (χ0n) is 9.50. The molecule has 1 aromatic carbocycles. The zero-order valence-corrected chi connectivity index (χ0v) is 11.0. The summed E-state index contributed by atoms with van der Waals surface area (Å²) >= 11 is 11.8. The molecule has 16 heavy (non-hydrogen) atoms. The van der Waals surface area contributed by atoms with Crippen LogP contribution >= 0.6 is 23.2 Å². The minimum atomic E-state index is -0.350. The van der Waals surface area contributed by atoms with E-state index in [4.69, 9.17) is 23.2 Å². The summed E-state index contributed by atoms with van der Waals surface area (Å²) in [5.41, 5.74) is 1.09. The van der Waals surface area contributed by atoms with Gasteiger partial charge in [-0.25, -0.2) is 0 Å². The normalized spacial score (nSPS) is 14.8. The van der Waals surface area contributed by atoms with Crippen molar-refractivity contribution in [3.05, 3.63) is 33.8 Å². The highest BCUT2D eigenvalue weighted by Gasteiger charge is 2.11. The minimum absolute atomic E-state index is 0.198. The van der Waals surface area contributed by atoms with Gasteiger partial charge in [-0.2, -0.15) is 0 Å². The smallest absolute Gasteiger partial charge is 0.0636 e. The Morgan fingerprint density at radius 3 is 2.50 bits per heavy atom. The first-order valence-electron chi connectivity index (χ1n) is 5.41. The molecule has 2 atom stereocenters. The van der Waals surface area contributed by atoms with Gasteiger partial charge < -0.3 is 10.4 Å². The number of rotatable bonds is 5. The van der Waals surface area contributed by atoms with Crippen molar-refractivity contribution in [3.8, 4) is 0 Å². The Labute approximate surface area is 107 Å². The topological polar surface area (TPSA) is 32.3 Å². The van der Waals surface area contributed by atoms with Crippen molar-refractivity contribution < 1.29 is 5.11 Å². The Hall–Kier alpha value is -0.280. The Balaban J connectivity index is 2.74. The van der Waals surface area contributed by atoms with Crippen LogP contribution in [0.4, 0.5) is 0 Å². The molecule has 1 rings (SSSR count). The quantitative estimate of drug-likeness (QED) is 0.852. The number of benzene rings is 1. The highest BCUT2D eigenvalue weighted by atomic mass is 35.5. The van der Waals surface area contributed by atoms with E-state index in [0.29, 0.717) is 16.6 Å². The van der Waals surface area contributed by atoms with Crippen molar-refractivity contribution in [3.63, 3.8) is 0 Å². The van der Waals surface area contributed by atoms with Crippen LogP contribution in [0.15, 0.2) is 18.2 Å². The Morgan fingerprint density at radius 2 is 2.00 bits per heavy atom. The molecule has 0 aromatic heterocycles. The van der Waals surface area contributed by atoms with E-state index in [1.807, 2.05) is 12.1 Å². The standard InChI is InChI=1S/C12H17Cl2NO/c1-3-12(15-7-8(2)16)9-4-5-10(13)11(14)6-9/h4-6,8,12,15-16H,3,7H2,1-2H3/t8-,12?/m1/s1. The minimum Gasteiger partial charge on any atom is -0.392 e. The molecular weight excluding hydrogens is 245 g/mol. The number of hydrogen-bond acceptors (Lipinski definition) is 2. The molecule has 1 aromatic rings. The van der Waals surface area contributed by atoms with Crippen LogP contribution in [0.1, 0.15) is 31.9 Å². The molecule has 2 N–H and O–H groups in total. The maximum Gasteiger partial charge on any atom is 0.0636 e. The summed E-state index contributed by atoms with van der Waals surface area (Å²) < 4.78 is 0. The fraction of sp³-hybridized carbons (Fsp3) is 0.500. The van der Waals surface area contributed by atoms with Gasteiger partial charge in [0.2, 0.25) is 0 Å². The molecule has 0 aliphatic rings. The molecule has 4 heteroatoms. The van der Waals surface area contributed by atoms with Gasteiger partial charge in [0.15, 0.2) is 0 Å². The van der Waals surface area contributed by atoms with Gasteiger partial charge in [0, 0.05) is 12.6 Å². The summed E-state index contributed by atoms with van der Waals surface area (Å²) in [6, 6.07) is 5.82. The van der Waals surface area contributed by atoms with Crippen LogP contribution in [0.2, 0.25) is 10.0 Å². The van der Waals surface area contributed by atoms with Crippen molar-refractivity contribution in [2.75, 3.05) is 6.54 Å². The summed E-state index contributed by atoms with van der Waals surface area (Å²) in [6.45, 7) is 4.41. The monoisotopic (exact) mass is 261 g/mol. The maximum absolute atomic E-state index is 9.23. The maximum atomic E-state index is 9.23. The summed E-state index contributed by atoms with van der Waals surface area (Å²) in [5, 5.41) is 13.6. The molecule has 0 aliphatic carbocycles. The predicted molar refractivity (Wildman–Crippen MR) is 69.2 cm³/mol. The van der Waals surface area contributed by atoms with Crippen LogP contribution in [0.5, 0.6) is 0 Å². The van der Waals surface area contributed by atoms with Crippen LogP contribution in [0.25, 0.3) is 0 Å². The van der Waals surface area contributed by atoms with Crippen molar-refractivity contribution in [2.45, 2.75) is 32.4 Å². The Morgan fingerprint density at radius 1 is 1.31 bits per heavy atom. The Bertz CT molecular complexity index is 342. The van der Waals surface area contributed by atoms with Gasteiger partial charge in [-0.15, -0.1) is 0 Å². The van der Waals surface area contributed by atoms with E-state index in [0.717, 1.165) is 12.0 Å². The van der Waals surface area contributed by atoms with Gasteiger partial charge in [-0.05, 0) is 31.0 Å². The van der Waals surface area contributed by atoms with Gasteiger partial charge in [0.25, 0.3) is 0 Å². The van der Waals surface area contributed by atoms with Crippen molar-refractivity contribution in [1.82, 2.24) is 5.32 Å². The van der Waals surface area contributed by atoms with E-state index in [1.165, 1.54) is 0 Å². The average Bonchev–Trinajstić information content (AvgIpc) is 2.23. The zero-order chi connectivity index (χ0) is 12.1. The van der Waals surface area contributed by atoms with Crippen molar-refractivity contribution >= 4 is 23.2 Å². The Kier molecular flexibility index (Phi) is 5.56. The summed E-state index contributed by atoms with van der Waals surface area (Å²) in [6.07, 6.45) is 0.585. The number of hydrogen-bond donors (Lipinski definition) is 2. The van der Waals surface area contributed by atoms with Gasteiger partial charge >= 0.3 is 0 Å². The summed E-state index contributed by atoms with van der Waals surface area (Å²) in [7, 11) is 0. The molecule has 0 saturated heterocycles. The third-order valence-corrected chi connectivity index (χ3v) is 3.15. The molecule has 0 aliphatic heterocycles. The number of aliphatic hydroxyl groups excluding tert-OH is 1. The van der Waals surface area contributed by atoms with Gasteiger partial charge in [0.1, 0.15) is 0 Å². The van der Waals surface area contributed by atoms with E-state index in [9.17, 15) is 5.11 Å². The second-order valence-corrected chi connectivity index (χ2v) is 4.71. The second-order valence-electron chi connectivity index (χ2n) is 3.89. The lowest BCUT2D eigenvalue weighted by Crippen LogP contribution is -2.28. The largest absolute Gasteiger partial charge is 0.392 e. The predicted octanol–water partition coefficient (Wildman–Crippen LogP) is 3.41. The fourth-order valence-electron chi connectivity index (χ4n) is 1.54. The first-order valence-corrected chi connectivity index (χ1v) is 6.16. The second kappa shape index (κ2) is 6.45. The van der Waals surface area contributed by atoms with Crippen molar-refractivity contribution in [2.24, 2.45) is 0 Å². The van der Waals surface area contributed by atoms with E-state index >= 15 is 0 Å². The molecule has 0 amide bonds. The summed E-state index contributed by atoms with van der Waals surface area (Å²) in [5.74, 6) is 0. The van der Waals surface area contributed by atoms with Crippen LogP contribution in [0, 0.1) is 0 Å². The molecule has 1 unspecified atom stereocenters. The molecule has 0 heterocycles. The lowest BCUT2D eigenvalue weighted by atomic mass is 10.0. The van der Waals surface area contributed by atoms with E-state index < -0.39 is 0 Å². The number of nitrogens with one attached hydrogen (secondary N) is 1. The van der Waals surface area contributed by atoms with Gasteiger partial charge in [-0.3, -0.25) is 0 Å². The average molecular weight is 262 g/mol. The highest BCUT2D eigenvalue weighted by Crippen LogP contribution is 2.26. The van der Waals surface area contributed by atoms with Crippen LogP contribution in [0.3, 0.4) is 0 Å². The van der Waals surface area contributed by atoms with Crippen LogP contribution < -0.4 is 5.32 Å². The first kappa shape index (κ1) is 13.8. The lowest BCUT2D eigenvalue weighted by molar-refractivity contribution is 0.185. The van der Waals surface area contributed by atoms with Crippen molar-refractivity contribution in [1.29, 1.82) is 0 Å². The van der Waals surface area contributed by atoms with Gasteiger partial charge in [-0.1, -0.05) is 36.2 Å². The molecule has 0 saturated carbocycles. The fourth-order valence-corrected chi connectivity index (χ4v) is 1.85. The first-order chi connectivity index (χ1) is 7.54. The molecule has 90 valence electrons. The van der Waals surface area contributed by atoms with E-state index in [2.05, 4.69) is 12.2 Å². The summed E-state index contributed by atoms with van der Waals surface area (Å²) in [4.78, 5) is 0. The third-order valence-electron chi connectivity index (χ3n) is 2.41. The highest BCUT2D eigenvalue weighted by molar-refractivity contribution is 6.42. The number of halogens is 2. The SMILES string of the molecule is CCC(NC[C@@H](C)O)c1ccc(Cl)c(Cl)c1. The van der Waals surface area contributed by atoms with Gasteiger partial charge in [0.05, 0.1) is 16.1 Å². The molecule has 0 fully saturated rings. The van der Waals surface area contributed by atoms with Crippen LogP contribution in [-0.2, 0) is 0 Å². The third kappa shape index (κ3) is 3.95. The molecule has 2 nitrogen and oxygen atoms in total.